The molecule has 0 spiro atoms. The smallest absolute Gasteiger partial charge is 0.253 e. The number of aryl methyl sites for hydroxylation is 1. The van der Waals surface area contributed by atoms with Crippen LogP contribution in [0.2, 0.25) is 0 Å². The van der Waals surface area contributed by atoms with Gasteiger partial charge in [0.15, 0.2) is 0 Å². The van der Waals surface area contributed by atoms with Gasteiger partial charge in [0.1, 0.15) is 5.75 Å². The Kier molecular flexibility index (Phi) is 4.37. The summed E-state index contributed by atoms with van der Waals surface area (Å²) in [6.45, 7) is 1.57. The van der Waals surface area contributed by atoms with Crippen molar-refractivity contribution in [2.75, 3.05) is 20.2 Å². The minimum atomic E-state index is 0.111. The molecule has 1 aliphatic rings. The first-order valence-electron chi connectivity index (χ1n) is 8.99. The Balaban J connectivity index is 1.48. The molecule has 1 amide bonds. The Labute approximate surface area is 153 Å². The number of amides is 1. The molecule has 0 bridgehead atoms. The Morgan fingerprint density at radius 2 is 1.88 bits per heavy atom. The van der Waals surface area contributed by atoms with Crippen molar-refractivity contribution in [3.63, 3.8) is 0 Å². The maximum atomic E-state index is 12.9. The molecule has 1 aromatic heterocycles. The molecular weight excluding hydrogens is 326 g/mol. The molecule has 0 saturated carbocycles. The molecule has 0 radical (unpaired) electrons. The number of methoxy groups -OCH3 is 1. The molecule has 2 aromatic carbocycles. The predicted octanol–water partition coefficient (Wildman–Crippen LogP) is 3.60. The number of ether oxygens (including phenoxy) is 1. The van der Waals surface area contributed by atoms with Crippen LogP contribution in [-0.2, 0) is 7.05 Å². The molecule has 1 aliphatic heterocycles. The molecule has 0 unspecified atom stereocenters. The van der Waals surface area contributed by atoms with Crippen LogP contribution < -0.4 is 4.74 Å². The number of hydrogen-bond acceptors (Lipinski definition) is 3. The van der Waals surface area contributed by atoms with Crippen LogP contribution in [0, 0.1) is 0 Å². The van der Waals surface area contributed by atoms with E-state index in [0.717, 1.165) is 48.0 Å². The zero-order valence-electron chi connectivity index (χ0n) is 15.2. The number of benzene rings is 2. The lowest BCUT2D eigenvalue weighted by Gasteiger charge is -2.31. The number of carbonyl (C=O) groups excluding carboxylic acids is 1. The topological polar surface area (TPSA) is 47.4 Å². The molecule has 0 aliphatic carbocycles. The van der Waals surface area contributed by atoms with Gasteiger partial charge in [0.05, 0.1) is 13.3 Å². The monoisotopic (exact) mass is 349 g/mol. The first kappa shape index (κ1) is 16.6. The van der Waals surface area contributed by atoms with Gasteiger partial charge < -0.3 is 9.64 Å². The summed E-state index contributed by atoms with van der Waals surface area (Å²) >= 11 is 0. The molecule has 2 heterocycles. The van der Waals surface area contributed by atoms with Gasteiger partial charge in [-0.25, -0.2) is 0 Å². The summed E-state index contributed by atoms with van der Waals surface area (Å²) in [6.07, 6.45) is 6.00. The molecule has 4 rings (SSSR count). The zero-order chi connectivity index (χ0) is 18.1. The van der Waals surface area contributed by atoms with E-state index >= 15 is 0 Å². The second-order valence-corrected chi connectivity index (χ2v) is 6.94. The SMILES string of the molecule is COc1ccc2ccc(C(=O)N3CCC(c4cnn(C)c4)CC3)cc2c1. The van der Waals surface area contributed by atoms with E-state index in [0.29, 0.717) is 5.92 Å². The van der Waals surface area contributed by atoms with Crippen LogP contribution >= 0.6 is 0 Å². The van der Waals surface area contributed by atoms with Gasteiger partial charge in [0, 0.05) is 31.9 Å². The lowest BCUT2D eigenvalue weighted by molar-refractivity contribution is 0.0713. The van der Waals surface area contributed by atoms with E-state index in [1.165, 1.54) is 5.56 Å². The molecule has 0 atom stereocenters. The van der Waals surface area contributed by atoms with Crippen LogP contribution in [0.25, 0.3) is 10.8 Å². The fourth-order valence-electron chi connectivity index (χ4n) is 3.73. The Morgan fingerprint density at radius 1 is 1.12 bits per heavy atom. The van der Waals surface area contributed by atoms with E-state index in [-0.39, 0.29) is 5.91 Å². The molecule has 1 saturated heterocycles. The summed E-state index contributed by atoms with van der Waals surface area (Å²) in [4.78, 5) is 14.9. The summed E-state index contributed by atoms with van der Waals surface area (Å²) in [6, 6.07) is 11.8. The van der Waals surface area contributed by atoms with E-state index < -0.39 is 0 Å². The zero-order valence-corrected chi connectivity index (χ0v) is 15.2. The van der Waals surface area contributed by atoms with Crippen molar-refractivity contribution in [1.82, 2.24) is 14.7 Å². The second-order valence-electron chi connectivity index (χ2n) is 6.94. The molecule has 0 N–H and O–H groups in total. The van der Waals surface area contributed by atoms with Crippen molar-refractivity contribution in [2.45, 2.75) is 18.8 Å². The van der Waals surface area contributed by atoms with E-state index in [4.69, 9.17) is 4.74 Å². The van der Waals surface area contributed by atoms with Crippen molar-refractivity contribution in [3.05, 3.63) is 59.9 Å². The summed E-state index contributed by atoms with van der Waals surface area (Å²) in [7, 11) is 3.60. The third-order valence-electron chi connectivity index (χ3n) is 5.27. The van der Waals surface area contributed by atoms with Gasteiger partial charge in [-0.1, -0.05) is 12.1 Å². The molecule has 1 fully saturated rings. The number of rotatable bonds is 3. The van der Waals surface area contributed by atoms with Gasteiger partial charge in [-0.3, -0.25) is 9.48 Å². The normalized spacial score (nSPS) is 15.4. The number of fused-ring (bicyclic) bond motifs is 1. The van der Waals surface area contributed by atoms with Crippen molar-refractivity contribution in [3.8, 4) is 5.75 Å². The molecule has 3 aromatic rings. The average Bonchev–Trinajstić information content (AvgIpc) is 3.13. The molecule has 26 heavy (non-hydrogen) atoms. The summed E-state index contributed by atoms with van der Waals surface area (Å²) < 4.78 is 7.14. The Hall–Kier alpha value is -2.82. The van der Waals surface area contributed by atoms with Crippen LogP contribution in [0.5, 0.6) is 5.75 Å². The van der Waals surface area contributed by atoms with Crippen LogP contribution in [0.1, 0.15) is 34.7 Å². The predicted molar refractivity (Wildman–Crippen MR) is 102 cm³/mol. The minimum absolute atomic E-state index is 0.111. The standard InChI is InChI=1S/C21H23N3O2/c1-23-14-19(13-22-23)16-7-9-24(10-8-16)21(25)17-4-3-15-5-6-20(26-2)12-18(15)11-17/h3-6,11-14,16H,7-10H2,1-2H3. The number of piperidine rings is 1. The van der Waals surface area contributed by atoms with Crippen LogP contribution in [0.4, 0.5) is 0 Å². The fraction of sp³-hybridized carbons (Fsp3) is 0.333. The number of hydrogen-bond donors (Lipinski definition) is 0. The number of aromatic nitrogens is 2. The third kappa shape index (κ3) is 3.17. The van der Waals surface area contributed by atoms with Gasteiger partial charge in [0.2, 0.25) is 0 Å². The van der Waals surface area contributed by atoms with Gasteiger partial charge in [0.25, 0.3) is 5.91 Å². The van der Waals surface area contributed by atoms with Crippen LogP contribution in [0.15, 0.2) is 48.8 Å². The summed E-state index contributed by atoms with van der Waals surface area (Å²) in [5.74, 6) is 1.41. The minimum Gasteiger partial charge on any atom is -0.497 e. The summed E-state index contributed by atoms with van der Waals surface area (Å²) in [5.41, 5.74) is 2.02. The van der Waals surface area contributed by atoms with E-state index in [2.05, 4.69) is 11.3 Å². The highest BCUT2D eigenvalue weighted by Crippen LogP contribution is 2.29. The molecule has 134 valence electrons. The highest BCUT2D eigenvalue weighted by atomic mass is 16.5. The lowest BCUT2D eigenvalue weighted by Crippen LogP contribution is -2.37. The highest BCUT2D eigenvalue weighted by Gasteiger charge is 2.25. The van der Waals surface area contributed by atoms with Crippen LogP contribution in [-0.4, -0.2) is 40.8 Å². The van der Waals surface area contributed by atoms with E-state index in [1.807, 2.05) is 59.2 Å². The number of nitrogens with zero attached hydrogens (tertiary/aromatic N) is 3. The Morgan fingerprint density at radius 3 is 2.58 bits per heavy atom. The number of likely N-dealkylation sites (tertiary alicyclic amines) is 1. The second kappa shape index (κ2) is 6.83. The van der Waals surface area contributed by atoms with Crippen molar-refractivity contribution < 1.29 is 9.53 Å². The van der Waals surface area contributed by atoms with Gasteiger partial charge >= 0.3 is 0 Å². The lowest BCUT2D eigenvalue weighted by atomic mass is 9.91. The van der Waals surface area contributed by atoms with Gasteiger partial charge in [-0.05, 0) is 59.4 Å². The van der Waals surface area contributed by atoms with Gasteiger partial charge in [-0.2, -0.15) is 5.10 Å². The van der Waals surface area contributed by atoms with Crippen LogP contribution in [0.3, 0.4) is 0 Å². The first-order chi connectivity index (χ1) is 12.6. The maximum Gasteiger partial charge on any atom is 0.253 e. The quantitative estimate of drug-likeness (QED) is 0.726. The number of carbonyl (C=O) groups is 1. The Bertz CT molecular complexity index is 939. The van der Waals surface area contributed by atoms with E-state index in [9.17, 15) is 4.79 Å². The highest BCUT2D eigenvalue weighted by molar-refractivity contribution is 5.98. The fourth-order valence-corrected chi connectivity index (χ4v) is 3.73. The average molecular weight is 349 g/mol. The van der Waals surface area contributed by atoms with Gasteiger partial charge in [-0.15, -0.1) is 0 Å². The van der Waals surface area contributed by atoms with Crippen molar-refractivity contribution in [1.29, 1.82) is 0 Å². The first-order valence-corrected chi connectivity index (χ1v) is 8.99. The summed E-state index contributed by atoms with van der Waals surface area (Å²) in [5, 5.41) is 6.40. The van der Waals surface area contributed by atoms with E-state index in [1.54, 1.807) is 7.11 Å². The molecule has 5 nitrogen and oxygen atoms in total. The van der Waals surface area contributed by atoms with Crippen molar-refractivity contribution >= 4 is 16.7 Å². The molecule has 5 heteroatoms. The maximum absolute atomic E-state index is 12.9. The largest absolute Gasteiger partial charge is 0.497 e. The molecular formula is C21H23N3O2. The third-order valence-corrected chi connectivity index (χ3v) is 5.27. The van der Waals surface area contributed by atoms with Crippen molar-refractivity contribution in [2.24, 2.45) is 7.05 Å².